The molecular formula is C11H14ClNO3. The summed E-state index contributed by atoms with van der Waals surface area (Å²) < 4.78 is 10.3. The van der Waals surface area contributed by atoms with Crippen molar-refractivity contribution in [3.05, 3.63) is 23.8 Å². The van der Waals surface area contributed by atoms with E-state index >= 15 is 0 Å². The highest BCUT2D eigenvalue weighted by Gasteiger charge is 2.15. The second kappa shape index (κ2) is 6.23. The Morgan fingerprint density at radius 1 is 1.38 bits per heavy atom. The third kappa shape index (κ3) is 2.79. The fourth-order valence-corrected chi connectivity index (χ4v) is 1.42. The molecule has 0 aliphatic heterocycles. The number of nitrogens with one attached hydrogen (secondary N) is 1. The van der Waals surface area contributed by atoms with E-state index in [9.17, 15) is 4.79 Å². The van der Waals surface area contributed by atoms with Crippen LogP contribution in [0.5, 0.6) is 11.5 Å². The van der Waals surface area contributed by atoms with Crippen LogP contribution in [0.4, 0.5) is 0 Å². The van der Waals surface area contributed by atoms with Gasteiger partial charge in [-0.05, 0) is 12.1 Å². The van der Waals surface area contributed by atoms with E-state index in [4.69, 9.17) is 21.1 Å². The van der Waals surface area contributed by atoms with Crippen molar-refractivity contribution in [2.45, 2.75) is 0 Å². The molecule has 1 aromatic carbocycles. The minimum Gasteiger partial charge on any atom is -0.493 e. The molecule has 0 atom stereocenters. The van der Waals surface area contributed by atoms with E-state index in [1.807, 2.05) is 0 Å². The number of carbonyl (C=O) groups excluding carboxylic acids is 1. The Kier molecular flexibility index (Phi) is 4.92. The minimum absolute atomic E-state index is 0.226. The topological polar surface area (TPSA) is 47.6 Å². The van der Waals surface area contributed by atoms with Gasteiger partial charge in [0.25, 0.3) is 5.91 Å². The highest BCUT2D eigenvalue weighted by Crippen LogP contribution is 2.30. The van der Waals surface area contributed by atoms with Crippen molar-refractivity contribution in [1.29, 1.82) is 0 Å². The second-order valence-electron chi connectivity index (χ2n) is 2.99. The molecule has 0 unspecified atom stereocenters. The lowest BCUT2D eigenvalue weighted by Gasteiger charge is -2.11. The number of para-hydroxylation sites is 1. The number of carbonyl (C=O) groups is 1. The van der Waals surface area contributed by atoms with E-state index in [1.165, 1.54) is 14.2 Å². The normalized spacial score (nSPS) is 9.69. The predicted molar refractivity (Wildman–Crippen MR) is 62.6 cm³/mol. The zero-order valence-electron chi connectivity index (χ0n) is 9.25. The first-order valence-electron chi connectivity index (χ1n) is 4.79. The Morgan fingerprint density at radius 2 is 2.12 bits per heavy atom. The first-order valence-corrected chi connectivity index (χ1v) is 5.33. The van der Waals surface area contributed by atoms with Crippen LogP contribution in [0.15, 0.2) is 18.2 Å². The second-order valence-corrected chi connectivity index (χ2v) is 3.36. The van der Waals surface area contributed by atoms with Gasteiger partial charge in [-0.25, -0.2) is 0 Å². The van der Waals surface area contributed by atoms with Crippen LogP contribution >= 0.6 is 11.6 Å². The van der Waals surface area contributed by atoms with Gasteiger partial charge in [0.05, 0.1) is 19.8 Å². The van der Waals surface area contributed by atoms with Crippen molar-refractivity contribution in [3.8, 4) is 11.5 Å². The standard InChI is InChI=1S/C11H14ClNO3/c1-15-9-5-3-4-8(10(9)16-2)11(14)13-7-6-12/h3-5H,6-7H2,1-2H3,(H,13,14). The number of methoxy groups -OCH3 is 2. The monoisotopic (exact) mass is 243 g/mol. The van der Waals surface area contributed by atoms with Gasteiger partial charge in [-0.15, -0.1) is 11.6 Å². The molecule has 0 fully saturated rings. The number of alkyl halides is 1. The van der Waals surface area contributed by atoms with E-state index in [1.54, 1.807) is 18.2 Å². The quantitative estimate of drug-likeness (QED) is 0.801. The molecule has 0 radical (unpaired) electrons. The molecular weight excluding hydrogens is 230 g/mol. The van der Waals surface area contributed by atoms with E-state index in [2.05, 4.69) is 5.32 Å². The van der Waals surface area contributed by atoms with E-state index in [-0.39, 0.29) is 5.91 Å². The lowest BCUT2D eigenvalue weighted by atomic mass is 10.1. The van der Waals surface area contributed by atoms with Gasteiger partial charge < -0.3 is 14.8 Å². The number of ether oxygens (including phenoxy) is 2. The average Bonchev–Trinajstić information content (AvgIpc) is 2.34. The Morgan fingerprint density at radius 3 is 2.69 bits per heavy atom. The lowest BCUT2D eigenvalue weighted by molar-refractivity contribution is 0.0952. The third-order valence-electron chi connectivity index (χ3n) is 2.03. The van der Waals surface area contributed by atoms with Gasteiger partial charge in [0.2, 0.25) is 0 Å². The smallest absolute Gasteiger partial charge is 0.255 e. The molecule has 0 aliphatic rings. The van der Waals surface area contributed by atoms with E-state index < -0.39 is 0 Å². The summed E-state index contributed by atoms with van der Waals surface area (Å²) in [5.74, 6) is 1.10. The number of rotatable bonds is 5. The van der Waals surface area contributed by atoms with Gasteiger partial charge in [-0.3, -0.25) is 4.79 Å². The van der Waals surface area contributed by atoms with Crippen molar-refractivity contribution in [1.82, 2.24) is 5.32 Å². The molecule has 0 bridgehead atoms. The third-order valence-corrected chi connectivity index (χ3v) is 2.22. The van der Waals surface area contributed by atoms with E-state index in [0.29, 0.717) is 29.5 Å². The fourth-order valence-electron chi connectivity index (χ4n) is 1.32. The predicted octanol–water partition coefficient (Wildman–Crippen LogP) is 1.67. The maximum Gasteiger partial charge on any atom is 0.255 e. The molecule has 16 heavy (non-hydrogen) atoms. The molecule has 1 aromatic rings. The molecule has 0 aliphatic carbocycles. The summed E-state index contributed by atoms with van der Waals surface area (Å²) in [6, 6.07) is 5.14. The van der Waals surface area contributed by atoms with Crippen LogP contribution in [0.3, 0.4) is 0 Å². The van der Waals surface area contributed by atoms with Crippen LogP contribution in [-0.4, -0.2) is 32.6 Å². The molecule has 0 saturated carbocycles. The number of hydrogen-bond donors (Lipinski definition) is 1. The molecule has 1 rings (SSSR count). The largest absolute Gasteiger partial charge is 0.493 e. The van der Waals surface area contributed by atoms with Crippen molar-refractivity contribution in [3.63, 3.8) is 0 Å². The molecule has 0 spiro atoms. The van der Waals surface area contributed by atoms with Crippen LogP contribution in [0.1, 0.15) is 10.4 Å². The number of halogens is 1. The summed E-state index contributed by atoms with van der Waals surface area (Å²) in [4.78, 5) is 11.7. The van der Waals surface area contributed by atoms with Gasteiger partial charge >= 0.3 is 0 Å². The molecule has 5 heteroatoms. The number of hydrogen-bond acceptors (Lipinski definition) is 3. The Balaban J connectivity index is 2.98. The summed E-state index contributed by atoms with van der Waals surface area (Å²) in [6.07, 6.45) is 0. The van der Waals surface area contributed by atoms with Gasteiger partial charge in [0, 0.05) is 12.4 Å². The molecule has 0 aromatic heterocycles. The van der Waals surface area contributed by atoms with Gasteiger partial charge in [-0.2, -0.15) is 0 Å². The maximum atomic E-state index is 11.7. The average molecular weight is 244 g/mol. The Labute approximate surface area is 99.5 Å². The van der Waals surface area contributed by atoms with Gasteiger partial charge in [0.15, 0.2) is 11.5 Å². The maximum absolute atomic E-state index is 11.7. The summed E-state index contributed by atoms with van der Waals surface area (Å²) in [6.45, 7) is 0.417. The van der Waals surface area contributed by atoms with Crippen LogP contribution in [0.25, 0.3) is 0 Å². The van der Waals surface area contributed by atoms with Gasteiger partial charge in [0.1, 0.15) is 0 Å². The summed E-state index contributed by atoms with van der Waals surface area (Å²) in [5.41, 5.74) is 0.437. The number of benzene rings is 1. The molecule has 4 nitrogen and oxygen atoms in total. The molecule has 1 N–H and O–H groups in total. The van der Waals surface area contributed by atoms with Crippen molar-refractivity contribution in [2.24, 2.45) is 0 Å². The van der Waals surface area contributed by atoms with Crippen molar-refractivity contribution in [2.75, 3.05) is 26.6 Å². The van der Waals surface area contributed by atoms with Crippen LogP contribution in [0.2, 0.25) is 0 Å². The van der Waals surface area contributed by atoms with Crippen LogP contribution < -0.4 is 14.8 Å². The van der Waals surface area contributed by atoms with Crippen molar-refractivity contribution < 1.29 is 14.3 Å². The van der Waals surface area contributed by atoms with Crippen LogP contribution in [0, 0.1) is 0 Å². The summed E-state index contributed by atoms with van der Waals surface area (Å²) in [5, 5.41) is 2.67. The Hall–Kier alpha value is -1.42. The summed E-state index contributed by atoms with van der Waals surface area (Å²) >= 11 is 5.49. The van der Waals surface area contributed by atoms with Crippen LogP contribution in [-0.2, 0) is 0 Å². The van der Waals surface area contributed by atoms with E-state index in [0.717, 1.165) is 0 Å². The van der Waals surface area contributed by atoms with Crippen molar-refractivity contribution >= 4 is 17.5 Å². The fraction of sp³-hybridized carbons (Fsp3) is 0.364. The highest BCUT2D eigenvalue weighted by molar-refractivity contribution is 6.18. The first kappa shape index (κ1) is 12.6. The Bertz CT molecular complexity index is 368. The zero-order valence-corrected chi connectivity index (χ0v) is 10.0. The first-order chi connectivity index (χ1) is 7.74. The lowest BCUT2D eigenvalue weighted by Crippen LogP contribution is -2.25. The molecule has 0 heterocycles. The molecule has 0 saturated heterocycles. The number of amides is 1. The SMILES string of the molecule is COc1cccc(C(=O)NCCCl)c1OC. The zero-order chi connectivity index (χ0) is 12.0. The highest BCUT2D eigenvalue weighted by atomic mass is 35.5. The molecule has 88 valence electrons. The minimum atomic E-state index is -0.226. The molecule has 1 amide bonds. The summed E-state index contributed by atoms with van der Waals surface area (Å²) in [7, 11) is 3.02. The van der Waals surface area contributed by atoms with Gasteiger partial charge in [-0.1, -0.05) is 6.07 Å².